The molecule has 7 nitrogen and oxygen atoms in total. The molecule has 1 aromatic rings. The van der Waals surface area contributed by atoms with Crippen LogP contribution in [0.1, 0.15) is 25.8 Å². The van der Waals surface area contributed by atoms with E-state index in [1.807, 2.05) is 0 Å². The van der Waals surface area contributed by atoms with Gasteiger partial charge in [0.1, 0.15) is 5.54 Å². The van der Waals surface area contributed by atoms with Crippen molar-refractivity contribution < 1.29 is 19.4 Å². The number of nitrogens with one attached hydrogen (secondary N) is 1. The van der Waals surface area contributed by atoms with Crippen molar-refractivity contribution in [2.24, 2.45) is 5.10 Å². The molecule has 0 radical (unpaired) electrons. The maximum absolute atomic E-state index is 12.1. The molecule has 0 bridgehead atoms. The van der Waals surface area contributed by atoms with Gasteiger partial charge in [0.25, 0.3) is 5.91 Å². The molecule has 112 valence electrons. The molecular formula is C14H17N3O4. The largest absolute Gasteiger partial charge is 0.504 e. The van der Waals surface area contributed by atoms with Crippen LogP contribution in [-0.2, 0) is 4.79 Å². The van der Waals surface area contributed by atoms with Crippen molar-refractivity contribution in [1.82, 2.24) is 10.3 Å². The molecule has 1 aromatic carbocycles. The van der Waals surface area contributed by atoms with Crippen LogP contribution in [0.2, 0.25) is 0 Å². The topological polar surface area (TPSA) is 91.2 Å². The van der Waals surface area contributed by atoms with Gasteiger partial charge in [0.05, 0.1) is 13.3 Å². The summed E-state index contributed by atoms with van der Waals surface area (Å²) in [6.45, 7) is 3.45. The van der Waals surface area contributed by atoms with E-state index in [4.69, 9.17) is 4.74 Å². The minimum atomic E-state index is -0.940. The second-order valence-electron chi connectivity index (χ2n) is 4.88. The Balaban J connectivity index is 2.26. The lowest BCUT2D eigenvalue weighted by molar-refractivity contribution is -0.130. The summed E-state index contributed by atoms with van der Waals surface area (Å²) in [5, 5.41) is 17.1. The maximum Gasteiger partial charge on any atom is 0.346 e. The zero-order chi connectivity index (χ0) is 15.6. The molecule has 1 saturated heterocycles. The average molecular weight is 291 g/mol. The second kappa shape index (κ2) is 5.43. The first-order valence-corrected chi connectivity index (χ1v) is 6.49. The van der Waals surface area contributed by atoms with E-state index in [1.54, 1.807) is 32.0 Å². The Morgan fingerprint density at radius 1 is 1.48 bits per heavy atom. The zero-order valence-corrected chi connectivity index (χ0v) is 12.1. The molecule has 1 aliphatic heterocycles. The number of hydrogen-bond donors (Lipinski definition) is 2. The number of benzene rings is 1. The highest BCUT2D eigenvalue weighted by Gasteiger charge is 2.46. The molecule has 3 amide bonds. The van der Waals surface area contributed by atoms with E-state index in [0.29, 0.717) is 12.0 Å². The summed E-state index contributed by atoms with van der Waals surface area (Å²) in [5.41, 5.74) is -0.592. The van der Waals surface area contributed by atoms with Gasteiger partial charge in [-0.2, -0.15) is 5.10 Å². The predicted octanol–water partition coefficient (Wildman–Crippen LogP) is 1.46. The Hall–Kier alpha value is -2.57. The number of para-hydroxylation sites is 1. The molecule has 1 aliphatic rings. The lowest BCUT2D eigenvalue weighted by atomic mass is 10.00. The number of nitrogens with zero attached hydrogens (tertiary/aromatic N) is 2. The van der Waals surface area contributed by atoms with E-state index >= 15 is 0 Å². The summed E-state index contributed by atoms with van der Waals surface area (Å²) in [5.74, 6) is -0.239. The summed E-state index contributed by atoms with van der Waals surface area (Å²) in [4.78, 5) is 23.9. The minimum absolute atomic E-state index is 0.103. The van der Waals surface area contributed by atoms with Gasteiger partial charge in [-0.15, -0.1) is 5.01 Å². The molecule has 0 aliphatic carbocycles. The van der Waals surface area contributed by atoms with Crippen molar-refractivity contribution in [3.8, 4) is 11.5 Å². The number of methoxy groups -OCH3 is 1. The average Bonchev–Trinajstić information content (AvgIpc) is 2.69. The smallest absolute Gasteiger partial charge is 0.346 e. The Labute approximate surface area is 122 Å². The lowest BCUT2D eigenvalue weighted by Crippen LogP contribution is -2.42. The van der Waals surface area contributed by atoms with Gasteiger partial charge in [0, 0.05) is 5.56 Å². The fraction of sp³-hybridized carbons (Fsp3) is 0.357. The summed E-state index contributed by atoms with van der Waals surface area (Å²) in [7, 11) is 1.43. The van der Waals surface area contributed by atoms with E-state index in [0.717, 1.165) is 5.01 Å². The summed E-state index contributed by atoms with van der Waals surface area (Å²) in [6, 6.07) is 4.28. The van der Waals surface area contributed by atoms with E-state index in [1.165, 1.54) is 13.3 Å². The molecule has 1 atom stereocenters. The van der Waals surface area contributed by atoms with Gasteiger partial charge in [-0.05, 0) is 25.5 Å². The normalized spacial score (nSPS) is 22.0. The fourth-order valence-corrected chi connectivity index (χ4v) is 1.94. The third-order valence-electron chi connectivity index (χ3n) is 3.51. The van der Waals surface area contributed by atoms with Crippen molar-refractivity contribution in [2.45, 2.75) is 25.8 Å². The second-order valence-corrected chi connectivity index (χ2v) is 4.88. The SMILES string of the molecule is CCC1(C)NC(=O)N(/N=C/c2cccc(OC)c2O)C1=O. The first kappa shape index (κ1) is 14.8. The maximum atomic E-state index is 12.1. The van der Waals surface area contributed by atoms with Crippen LogP contribution in [0.4, 0.5) is 4.79 Å². The number of ether oxygens (including phenoxy) is 1. The van der Waals surface area contributed by atoms with E-state index in [9.17, 15) is 14.7 Å². The highest BCUT2D eigenvalue weighted by Crippen LogP contribution is 2.28. The number of phenolic OH excluding ortho intramolecular Hbond substituents is 1. The van der Waals surface area contributed by atoms with Crippen molar-refractivity contribution in [1.29, 1.82) is 0 Å². The molecule has 0 aromatic heterocycles. The van der Waals surface area contributed by atoms with Gasteiger partial charge in [-0.25, -0.2) is 4.79 Å². The van der Waals surface area contributed by atoms with Gasteiger partial charge < -0.3 is 15.2 Å². The number of imide groups is 1. The first-order chi connectivity index (χ1) is 9.92. The summed E-state index contributed by atoms with van der Waals surface area (Å²) >= 11 is 0. The van der Waals surface area contributed by atoms with Crippen LogP contribution in [0.25, 0.3) is 0 Å². The van der Waals surface area contributed by atoms with E-state index < -0.39 is 17.5 Å². The highest BCUT2D eigenvalue weighted by atomic mass is 16.5. The van der Waals surface area contributed by atoms with Crippen molar-refractivity contribution in [3.05, 3.63) is 23.8 Å². The van der Waals surface area contributed by atoms with Crippen molar-refractivity contribution >= 4 is 18.2 Å². The lowest BCUT2D eigenvalue weighted by Gasteiger charge is -2.17. The Kier molecular flexibility index (Phi) is 3.84. The number of amides is 3. The predicted molar refractivity (Wildman–Crippen MR) is 76.3 cm³/mol. The zero-order valence-electron chi connectivity index (χ0n) is 12.1. The third kappa shape index (κ3) is 2.54. The number of carbonyl (C=O) groups is 2. The standard InChI is InChI=1S/C14H17N3O4/c1-4-14(2)12(19)17(13(20)16-14)15-8-9-6-5-7-10(21-3)11(9)18/h5-8,18H,4H2,1-3H3,(H,16,20)/b15-8+. The highest BCUT2D eigenvalue weighted by molar-refractivity contribution is 6.07. The molecule has 0 saturated carbocycles. The number of hydrogen-bond acceptors (Lipinski definition) is 5. The van der Waals surface area contributed by atoms with Crippen molar-refractivity contribution in [2.75, 3.05) is 7.11 Å². The Bertz CT molecular complexity index is 614. The Morgan fingerprint density at radius 2 is 2.19 bits per heavy atom. The van der Waals surface area contributed by atoms with Crippen LogP contribution in [0.3, 0.4) is 0 Å². The summed E-state index contributed by atoms with van der Waals surface area (Å²) in [6.07, 6.45) is 1.71. The van der Waals surface area contributed by atoms with Gasteiger partial charge in [0.15, 0.2) is 11.5 Å². The van der Waals surface area contributed by atoms with Crippen LogP contribution < -0.4 is 10.1 Å². The van der Waals surface area contributed by atoms with Crippen LogP contribution in [0, 0.1) is 0 Å². The van der Waals surface area contributed by atoms with Crippen LogP contribution in [0.5, 0.6) is 11.5 Å². The molecule has 7 heteroatoms. The van der Waals surface area contributed by atoms with Crippen molar-refractivity contribution in [3.63, 3.8) is 0 Å². The monoisotopic (exact) mass is 291 g/mol. The van der Waals surface area contributed by atoms with Gasteiger partial charge in [-0.1, -0.05) is 13.0 Å². The van der Waals surface area contributed by atoms with Crippen LogP contribution in [-0.4, -0.2) is 40.9 Å². The number of hydrazone groups is 1. The number of phenols is 1. The molecule has 1 fully saturated rings. The minimum Gasteiger partial charge on any atom is -0.504 e. The molecule has 0 spiro atoms. The number of carbonyl (C=O) groups excluding carboxylic acids is 2. The van der Waals surface area contributed by atoms with Gasteiger partial charge in [-0.3, -0.25) is 4.79 Å². The number of urea groups is 1. The molecule has 21 heavy (non-hydrogen) atoms. The fourth-order valence-electron chi connectivity index (χ4n) is 1.94. The molecular weight excluding hydrogens is 274 g/mol. The van der Waals surface area contributed by atoms with Crippen LogP contribution in [0.15, 0.2) is 23.3 Å². The quantitative estimate of drug-likeness (QED) is 0.649. The van der Waals surface area contributed by atoms with Gasteiger partial charge in [0.2, 0.25) is 0 Å². The molecule has 2 N–H and O–H groups in total. The molecule has 1 heterocycles. The van der Waals surface area contributed by atoms with E-state index in [2.05, 4.69) is 10.4 Å². The summed E-state index contributed by atoms with van der Waals surface area (Å²) < 4.78 is 4.98. The molecule has 2 rings (SSSR count). The number of aromatic hydroxyl groups is 1. The Morgan fingerprint density at radius 3 is 2.76 bits per heavy atom. The first-order valence-electron chi connectivity index (χ1n) is 6.49. The van der Waals surface area contributed by atoms with Gasteiger partial charge >= 0.3 is 6.03 Å². The van der Waals surface area contributed by atoms with Crippen LogP contribution >= 0.6 is 0 Å². The molecule has 1 unspecified atom stereocenters. The third-order valence-corrected chi connectivity index (χ3v) is 3.51. The number of rotatable bonds is 4. The van der Waals surface area contributed by atoms with E-state index in [-0.39, 0.29) is 11.5 Å².